The summed E-state index contributed by atoms with van der Waals surface area (Å²) in [7, 11) is 0. The van der Waals surface area contributed by atoms with Crippen molar-refractivity contribution in [1.29, 1.82) is 0 Å². The van der Waals surface area contributed by atoms with Gasteiger partial charge in [0.15, 0.2) is 4.77 Å². The maximum Gasteiger partial charge on any atom is 0.195 e. The Morgan fingerprint density at radius 3 is 2.71 bits per heavy atom. The summed E-state index contributed by atoms with van der Waals surface area (Å²) in [4.78, 5) is 2.57. The van der Waals surface area contributed by atoms with E-state index in [4.69, 9.17) is 12.2 Å². The number of aromatic nitrogens is 3. The lowest BCUT2D eigenvalue weighted by molar-refractivity contribution is 0.158. The summed E-state index contributed by atoms with van der Waals surface area (Å²) >= 11 is 5.29. The number of rotatable bonds is 4. The fourth-order valence-electron chi connectivity index (χ4n) is 2.55. The third kappa shape index (κ3) is 2.96. The Morgan fingerprint density at radius 1 is 1.35 bits per heavy atom. The number of likely N-dealkylation sites (tertiary alicyclic amines) is 1. The van der Waals surface area contributed by atoms with E-state index in [1.807, 2.05) is 0 Å². The minimum absolute atomic E-state index is 0.546. The van der Waals surface area contributed by atoms with Crippen molar-refractivity contribution in [3.8, 4) is 0 Å². The molecular formula is C12H22N4S. The second-order valence-corrected chi connectivity index (χ2v) is 5.24. The van der Waals surface area contributed by atoms with E-state index in [1.54, 1.807) is 0 Å². The summed E-state index contributed by atoms with van der Waals surface area (Å²) in [6.45, 7) is 7.83. The van der Waals surface area contributed by atoms with Gasteiger partial charge in [-0.3, -0.25) is 10.00 Å². The molecule has 1 aromatic rings. The number of nitrogens with zero attached hydrogens (tertiary/aromatic N) is 3. The first-order valence-electron chi connectivity index (χ1n) is 6.60. The van der Waals surface area contributed by atoms with Crippen molar-refractivity contribution in [3.63, 3.8) is 0 Å². The summed E-state index contributed by atoms with van der Waals surface area (Å²) in [5, 5.41) is 7.15. The molecule has 17 heavy (non-hydrogen) atoms. The number of hydrogen-bond acceptors (Lipinski definition) is 3. The Morgan fingerprint density at radius 2 is 2.06 bits per heavy atom. The number of hydrogen-bond donors (Lipinski definition) is 1. The summed E-state index contributed by atoms with van der Waals surface area (Å²) in [6.07, 6.45) is 4.98. The van der Waals surface area contributed by atoms with Crippen LogP contribution in [0.3, 0.4) is 0 Å². The maximum absolute atomic E-state index is 5.29. The van der Waals surface area contributed by atoms with Gasteiger partial charge in [-0.05, 0) is 45.1 Å². The lowest BCUT2D eigenvalue weighted by Gasteiger charge is -2.32. The van der Waals surface area contributed by atoms with E-state index in [1.165, 1.54) is 32.4 Å². The largest absolute Gasteiger partial charge is 0.303 e. The van der Waals surface area contributed by atoms with Crippen molar-refractivity contribution in [2.75, 3.05) is 13.1 Å². The molecule has 0 saturated carbocycles. The molecule has 0 radical (unpaired) electrons. The molecule has 0 spiro atoms. The van der Waals surface area contributed by atoms with E-state index in [9.17, 15) is 0 Å². The van der Waals surface area contributed by atoms with Crippen LogP contribution in [0.15, 0.2) is 0 Å². The Balaban J connectivity index is 2.03. The predicted molar refractivity (Wildman–Crippen MR) is 71.7 cm³/mol. The highest BCUT2D eigenvalue weighted by Gasteiger charge is 2.18. The summed E-state index contributed by atoms with van der Waals surface area (Å²) < 4.78 is 2.90. The van der Waals surface area contributed by atoms with Crippen molar-refractivity contribution in [1.82, 2.24) is 19.7 Å². The molecule has 0 amide bonds. The van der Waals surface area contributed by atoms with Crippen molar-refractivity contribution >= 4 is 12.2 Å². The number of aromatic amines is 1. The molecular weight excluding hydrogens is 232 g/mol. The molecule has 4 nitrogen and oxygen atoms in total. The molecule has 1 atom stereocenters. The highest BCUT2D eigenvalue weighted by atomic mass is 32.1. The molecule has 1 fully saturated rings. The van der Waals surface area contributed by atoms with Gasteiger partial charge < -0.3 is 4.57 Å². The first-order valence-corrected chi connectivity index (χ1v) is 7.01. The average Bonchev–Trinajstić information content (AvgIpc) is 2.71. The number of piperidine rings is 1. The van der Waals surface area contributed by atoms with Crippen LogP contribution in [-0.4, -0.2) is 38.8 Å². The van der Waals surface area contributed by atoms with Gasteiger partial charge in [0.05, 0.1) is 0 Å². The smallest absolute Gasteiger partial charge is 0.195 e. The zero-order valence-corrected chi connectivity index (χ0v) is 11.6. The molecule has 1 aliphatic heterocycles. The van der Waals surface area contributed by atoms with Gasteiger partial charge in [0, 0.05) is 19.0 Å². The van der Waals surface area contributed by atoms with Gasteiger partial charge >= 0.3 is 0 Å². The van der Waals surface area contributed by atoms with Crippen molar-refractivity contribution < 1.29 is 0 Å². The van der Waals surface area contributed by atoms with Gasteiger partial charge in [-0.25, -0.2) is 0 Å². The van der Waals surface area contributed by atoms with Gasteiger partial charge in [0.1, 0.15) is 5.82 Å². The van der Waals surface area contributed by atoms with E-state index in [-0.39, 0.29) is 0 Å². The lowest BCUT2D eigenvalue weighted by atomic mass is 10.1. The van der Waals surface area contributed by atoms with Crippen LogP contribution in [0, 0.1) is 4.77 Å². The topological polar surface area (TPSA) is 36.9 Å². The molecule has 1 N–H and O–H groups in total. The van der Waals surface area contributed by atoms with Gasteiger partial charge in [-0.2, -0.15) is 5.10 Å². The Kier molecular flexibility index (Phi) is 4.34. The summed E-state index contributed by atoms with van der Waals surface area (Å²) in [5.74, 6) is 1.07. The highest BCUT2D eigenvalue weighted by Crippen LogP contribution is 2.14. The molecule has 1 aromatic heterocycles. The molecule has 5 heteroatoms. The van der Waals surface area contributed by atoms with Crippen molar-refractivity contribution in [2.45, 2.75) is 52.1 Å². The van der Waals surface area contributed by atoms with E-state index < -0.39 is 0 Å². The molecule has 0 aliphatic carbocycles. The first kappa shape index (κ1) is 12.8. The van der Waals surface area contributed by atoms with Crippen LogP contribution in [0.25, 0.3) is 0 Å². The van der Waals surface area contributed by atoms with Crippen molar-refractivity contribution in [2.24, 2.45) is 0 Å². The van der Waals surface area contributed by atoms with Crippen LogP contribution >= 0.6 is 12.2 Å². The van der Waals surface area contributed by atoms with Gasteiger partial charge in [-0.15, -0.1) is 0 Å². The maximum atomic E-state index is 5.29. The van der Waals surface area contributed by atoms with Crippen LogP contribution in [-0.2, 0) is 13.0 Å². The minimum Gasteiger partial charge on any atom is -0.303 e. The molecule has 2 heterocycles. The Labute approximate surface area is 108 Å². The lowest BCUT2D eigenvalue weighted by Crippen LogP contribution is -2.40. The van der Waals surface area contributed by atoms with E-state index in [2.05, 4.69) is 33.5 Å². The number of nitrogens with one attached hydrogen (secondary N) is 1. The monoisotopic (exact) mass is 254 g/mol. The van der Waals surface area contributed by atoms with Crippen LogP contribution in [0.2, 0.25) is 0 Å². The van der Waals surface area contributed by atoms with Gasteiger partial charge in [-0.1, -0.05) is 13.3 Å². The van der Waals surface area contributed by atoms with Crippen LogP contribution in [0.1, 0.15) is 38.9 Å². The summed E-state index contributed by atoms with van der Waals surface area (Å²) in [5.41, 5.74) is 0. The van der Waals surface area contributed by atoms with Crippen LogP contribution in [0.5, 0.6) is 0 Å². The molecule has 0 bridgehead atoms. The van der Waals surface area contributed by atoms with Crippen molar-refractivity contribution in [3.05, 3.63) is 10.6 Å². The zero-order chi connectivity index (χ0) is 12.3. The standard InChI is InChI=1S/C12H22N4S/c1-3-11-13-14-12(17)16(11)9-10(2)15-7-5-4-6-8-15/h10H,3-9H2,1-2H3,(H,14,17). The fraction of sp³-hybridized carbons (Fsp3) is 0.833. The normalized spacial score (nSPS) is 19.4. The third-order valence-electron chi connectivity index (χ3n) is 3.61. The number of aryl methyl sites for hydroxylation is 1. The second kappa shape index (κ2) is 5.78. The van der Waals surface area contributed by atoms with Crippen LogP contribution in [0.4, 0.5) is 0 Å². The number of H-pyrrole nitrogens is 1. The van der Waals surface area contributed by atoms with E-state index in [0.29, 0.717) is 6.04 Å². The Hall–Kier alpha value is -0.680. The predicted octanol–water partition coefficient (Wildman–Crippen LogP) is 2.38. The molecule has 1 aliphatic rings. The SMILES string of the molecule is CCc1n[nH]c(=S)n1CC(C)N1CCCCC1. The Bertz CT molecular complexity index is 403. The zero-order valence-electron chi connectivity index (χ0n) is 10.8. The molecule has 1 saturated heterocycles. The molecule has 2 rings (SSSR count). The van der Waals surface area contributed by atoms with Crippen LogP contribution < -0.4 is 0 Å². The molecule has 0 aromatic carbocycles. The average molecular weight is 254 g/mol. The van der Waals surface area contributed by atoms with E-state index >= 15 is 0 Å². The van der Waals surface area contributed by atoms with Gasteiger partial charge in [0.25, 0.3) is 0 Å². The van der Waals surface area contributed by atoms with Gasteiger partial charge in [0.2, 0.25) is 0 Å². The first-order chi connectivity index (χ1) is 8.22. The highest BCUT2D eigenvalue weighted by molar-refractivity contribution is 7.71. The summed E-state index contributed by atoms with van der Waals surface area (Å²) in [6, 6.07) is 0.546. The third-order valence-corrected chi connectivity index (χ3v) is 3.93. The van der Waals surface area contributed by atoms with E-state index in [0.717, 1.165) is 23.6 Å². The quantitative estimate of drug-likeness (QED) is 0.838. The minimum atomic E-state index is 0.546. The molecule has 96 valence electrons. The molecule has 1 unspecified atom stereocenters. The second-order valence-electron chi connectivity index (χ2n) is 4.85. The fourth-order valence-corrected chi connectivity index (χ4v) is 2.77.